The van der Waals surface area contributed by atoms with Crippen LogP contribution in [0.2, 0.25) is 0 Å². The van der Waals surface area contributed by atoms with Crippen molar-refractivity contribution in [3.63, 3.8) is 0 Å². The first-order valence-electron chi connectivity index (χ1n) is 7.11. The molecule has 1 amide bonds. The number of nitrogens with one attached hydrogen (secondary N) is 1. The maximum absolute atomic E-state index is 13.0. The van der Waals surface area contributed by atoms with Crippen molar-refractivity contribution < 1.29 is 23.8 Å². The van der Waals surface area contributed by atoms with Crippen molar-refractivity contribution in [3.05, 3.63) is 35.6 Å². The summed E-state index contributed by atoms with van der Waals surface area (Å²) >= 11 is 0. The Bertz CT molecular complexity index is 571. The van der Waals surface area contributed by atoms with Crippen LogP contribution in [0.3, 0.4) is 0 Å². The molecule has 2 N–H and O–H groups in total. The minimum absolute atomic E-state index is 0.257. The second kappa shape index (κ2) is 5.59. The standard InChI is InChI=1S/C16H20FNO4/c1-15(2,3)22-14(21)18-12-8-16(9-12,13(19)20)10-4-6-11(17)7-5-10/h4-7,12H,8-9H2,1-3H3,(H,18,21)(H,19,20). The predicted molar refractivity (Wildman–Crippen MR) is 78.1 cm³/mol. The molecule has 2 rings (SSSR count). The Morgan fingerprint density at radius 3 is 2.27 bits per heavy atom. The summed E-state index contributed by atoms with van der Waals surface area (Å²) in [5.74, 6) is -1.38. The topological polar surface area (TPSA) is 75.6 Å². The first-order chi connectivity index (χ1) is 10.1. The van der Waals surface area contributed by atoms with Crippen LogP contribution < -0.4 is 5.32 Å². The number of carboxylic acid groups (broad SMARTS) is 1. The quantitative estimate of drug-likeness (QED) is 0.900. The molecule has 0 radical (unpaired) electrons. The molecule has 0 bridgehead atoms. The molecule has 0 heterocycles. The van der Waals surface area contributed by atoms with E-state index in [4.69, 9.17) is 4.74 Å². The SMILES string of the molecule is CC(C)(C)OC(=O)NC1CC(C(=O)O)(c2ccc(F)cc2)C1. The van der Waals surface area contributed by atoms with E-state index in [0.717, 1.165) is 0 Å². The number of carbonyl (C=O) groups is 2. The van der Waals surface area contributed by atoms with Crippen molar-refractivity contribution in [3.8, 4) is 0 Å². The number of hydrogen-bond donors (Lipinski definition) is 2. The van der Waals surface area contributed by atoms with Crippen LogP contribution in [0.15, 0.2) is 24.3 Å². The van der Waals surface area contributed by atoms with Gasteiger partial charge in [0, 0.05) is 6.04 Å². The highest BCUT2D eigenvalue weighted by molar-refractivity contribution is 5.83. The Balaban J connectivity index is 2.02. The fraction of sp³-hybridized carbons (Fsp3) is 0.500. The van der Waals surface area contributed by atoms with E-state index in [9.17, 15) is 19.1 Å². The fourth-order valence-electron chi connectivity index (χ4n) is 2.66. The smallest absolute Gasteiger partial charge is 0.407 e. The summed E-state index contributed by atoms with van der Waals surface area (Å²) in [6.45, 7) is 5.27. The van der Waals surface area contributed by atoms with Crippen molar-refractivity contribution in [2.75, 3.05) is 0 Å². The van der Waals surface area contributed by atoms with E-state index in [1.807, 2.05) is 0 Å². The van der Waals surface area contributed by atoms with Gasteiger partial charge >= 0.3 is 12.1 Å². The van der Waals surface area contributed by atoms with Gasteiger partial charge in [-0.2, -0.15) is 0 Å². The van der Waals surface area contributed by atoms with E-state index in [2.05, 4.69) is 5.32 Å². The molecule has 0 aliphatic heterocycles. The molecule has 1 aliphatic carbocycles. The number of aliphatic carboxylic acids is 1. The van der Waals surface area contributed by atoms with E-state index >= 15 is 0 Å². The van der Waals surface area contributed by atoms with E-state index in [-0.39, 0.29) is 18.9 Å². The third-order valence-corrected chi connectivity index (χ3v) is 3.72. The highest BCUT2D eigenvalue weighted by atomic mass is 19.1. The molecule has 120 valence electrons. The van der Waals surface area contributed by atoms with Gasteiger partial charge in [-0.25, -0.2) is 9.18 Å². The lowest BCUT2D eigenvalue weighted by atomic mass is 9.61. The normalized spacial score (nSPS) is 24.3. The molecule has 0 aromatic heterocycles. The first kappa shape index (κ1) is 16.3. The number of amides is 1. The molecule has 0 unspecified atom stereocenters. The molecule has 0 spiro atoms. The van der Waals surface area contributed by atoms with Gasteiger partial charge in [0.2, 0.25) is 0 Å². The van der Waals surface area contributed by atoms with Gasteiger partial charge in [0.15, 0.2) is 0 Å². The number of carbonyl (C=O) groups excluding carboxylic acids is 1. The summed E-state index contributed by atoms with van der Waals surface area (Å²) in [7, 11) is 0. The average Bonchev–Trinajstić information content (AvgIpc) is 2.31. The van der Waals surface area contributed by atoms with Gasteiger partial charge in [-0.3, -0.25) is 4.79 Å². The Kier molecular flexibility index (Phi) is 4.13. The maximum atomic E-state index is 13.0. The number of hydrogen-bond acceptors (Lipinski definition) is 3. The Morgan fingerprint density at radius 2 is 1.82 bits per heavy atom. The number of rotatable bonds is 3. The minimum Gasteiger partial charge on any atom is -0.481 e. The molecular formula is C16H20FNO4. The average molecular weight is 309 g/mol. The van der Waals surface area contributed by atoms with E-state index in [1.54, 1.807) is 20.8 Å². The first-order valence-corrected chi connectivity index (χ1v) is 7.11. The monoisotopic (exact) mass is 309 g/mol. The van der Waals surface area contributed by atoms with E-state index in [1.165, 1.54) is 24.3 Å². The molecule has 1 fully saturated rings. The molecule has 1 aromatic rings. The number of carboxylic acids is 1. The number of benzene rings is 1. The number of halogens is 1. The molecule has 1 aromatic carbocycles. The zero-order valence-corrected chi connectivity index (χ0v) is 12.9. The molecule has 0 saturated heterocycles. The van der Waals surface area contributed by atoms with Gasteiger partial charge in [-0.1, -0.05) is 12.1 Å². The lowest BCUT2D eigenvalue weighted by Gasteiger charge is -2.44. The van der Waals surface area contributed by atoms with Crippen LogP contribution >= 0.6 is 0 Å². The Hall–Kier alpha value is -2.11. The molecular weight excluding hydrogens is 289 g/mol. The molecule has 1 saturated carbocycles. The van der Waals surface area contributed by atoms with Crippen molar-refractivity contribution >= 4 is 12.1 Å². The Labute approximate surface area is 128 Å². The van der Waals surface area contributed by atoms with E-state index in [0.29, 0.717) is 5.56 Å². The van der Waals surface area contributed by atoms with Crippen LogP contribution in [-0.2, 0) is 14.9 Å². The van der Waals surface area contributed by atoms with Crippen molar-refractivity contribution in [2.24, 2.45) is 0 Å². The summed E-state index contributed by atoms with van der Waals surface area (Å²) in [4.78, 5) is 23.3. The summed E-state index contributed by atoms with van der Waals surface area (Å²) < 4.78 is 18.1. The van der Waals surface area contributed by atoms with Crippen molar-refractivity contribution in [1.29, 1.82) is 0 Å². The number of ether oxygens (including phenoxy) is 1. The van der Waals surface area contributed by atoms with Crippen LogP contribution in [0.4, 0.5) is 9.18 Å². The highest BCUT2D eigenvalue weighted by Crippen LogP contribution is 2.44. The fourth-order valence-corrected chi connectivity index (χ4v) is 2.66. The predicted octanol–water partition coefficient (Wildman–Crippen LogP) is 2.84. The van der Waals surface area contributed by atoms with Crippen LogP contribution in [0.1, 0.15) is 39.2 Å². The minimum atomic E-state index is -1.08. The van der Waals surface area contributed by atoms with Gasteiger partial charge < -0.3 is 15.2 Å². The van der Waals surface area contributed by atoms with Crippen LogP contribution in [-0.4, -0.2) is 28.8 Å². The summed E-state index contributed by atoms with van der Waals surface area (Å²) in [6.07, 6.45) is -0.0453. The largest absolute Gasteiger partial charge is 0.481 e. The van der Waals surface area contributed by atoms with E-state index < -0.39 is 28.9 Å². The Morgan fingerprint density at radius 1 is 1.27 bits per heavy atom. The van der Waals surface area contributed by atoms with Gasteiger partial charge in [-0.05, 0) is 51.3 Å². The van der Waals surface area contributed by atoms with Crippen LogP contribution in [0.25, 0.3) is 0 Å². The third-order valence-electron chi connectivity index (χ3n) is 3.72. The highest BCUT2D eigenvalue weighted by Gasteiger charge is 2.52. The molecule has 6 heteroatoms. The zero-order chi connectivity index (χ0) is 16.5. The van der Waals surface area contributed by atoms with Gasteiger partial charge in [0.1, 0.15) is 11.4 Å². The lowest BCUT2D eigenvalue weighted by molar-refractivity contribution is -0.148. The van der Waals surface area contributed by atoms with Crippen molar-refractivity contribution in [2.45, 2.75) is 50.7 Å². The second-order valence-corrected chi connectivity index (χ2v) is 6.65. The van der Waals surface area contributed by atoms with Crippen molar-refractivity contribution in [1.82, 2.24) is 5.32 Å². The molecule has 5 nitrogen and oxygen atoms in total. The molecule has 1 aliphatic rings. The van der Waals surface area contributed by atoms with Gasteiger partial charge in [0.05, 0.1) is 5.41 Å². The van der Waals surface area contributed by atoms with Crippen LogP contribution in [0, 0.1) is 5.82 Å². The summed E-state index contributed by atoms with van der Waals surface area (Å²) in [5.41, 5.74) is -1.13. The number of alkyl carbamates (subject to hydrolysis) is 1. The van der Waals surface area contributed by atoms with Gasteiger partial charge in [0.25, 0.3) is 0 Å². The third kappa shape index (κ3) is 3.37. The molecule has 0 atom stereocenters. The second-order valence-electron chi connectivity index (χ2n) is 6.65. The summed E-state index contributed by atoms with van der Waals surface area (Å²) in [5, 5.41) is 12.2. The molecule has 22 heavy (non-hydrogen) atoms. The lowest BCUT2D eigenvalue weighted by Crippen LogP contribution is -2.57. The van der Waals surface area contributed by atoms with Gasteiger partial charge in [-0.15, -0.1) is 0 Å². The summed E-state index contributed by atoms with van der Waals surface area (Å²) in [6, 6.07) is 5.18. The van der Waals surface area contributed by atoms with Crippen LogP contribution in [0.5, 0.6) is 0 Å². The maximum Gasteiger partial charge on any atom is 0.407 e. The zero-order valence-electron chi connectivity index (χ0n) is 12.9.